The zero-order valence-electron chi connectivity index (χ0n) is 9.48. The van der Waals surface area contributed by atoms with Gasteiger partial charge in [0.05, 0.1) is 16.4 Å². The van der Waals surface area contributed by atoms with Gasteiger partial charge in [0.25, 0.3) is 0 Å². The molecule has 0 aliphatic carbocycles. The number of aliphatic hydroxyl groups excluding tert-OH is 1. The van der Waals surface area contributed by atoms with Gasteiger partial charge in [0.2, 0.25) is 0 Å². The number of benzene rings is 1. The molecule has 1 unspecified atom stereocenters. The van der Waals surface area contributed by atoms with Gasteiger partial charge in [-0.3, -0.25) is 4.68 Å². The summed E-state index contributed by atoms with van der Waals surface area (Å²) in [4.78, 5) is 0. The highest BCUT2D eigenvalue weighted by Crippen LogP contribution is 2.29. The quantitative estimate of drug-likeness (QED) is 0.924. The third-order valence-electron chi connectivity index (χ3n) is 2.58. The van der Waals surface area contributed by atoms with Crippen LogP contribution in [0.3, 0.4) is 0 Å². The topological polar surface area (TPSA) is 38.1 Å². The second-order valence-corrected chi connectivity index (χ2v) is 5.26. The number of rotatable bonds is 2. The fraction of sp³-hybridized carbons (Fsp3) is 0.250. The molecule has 5 heteroatoms. The normalized spacial score (nSPS) is 12.8. The van der Waals surface area contributed by atoms with Crippen LogP contribution in [-0.2, 0) is 7.05 Å². The van der Waals surface area contributed by atoms with Crippen LogP contribution in [0.1, 0.15) is 22.9 Å². The first-order valence-corrected chi connectivity index (χ1v) is 6.28. The first-order valence-electron chi connectivity index (χ1n) is 5.11. The Hall–Kier alpha value is -0.840. The SMILES string of the molecule is Cc1cc(Cl)cc(C(O)c2c(Br)cnn2C)c1. The van der Waals surface area contributed by atoms with Crippen LogP contribution < -0.4 is 0 Å². The van der Waals surface area contributed by atoms with Crippen LogP contribution in [0, 0.1) is 6.92 Å². The number of aliphatic hydroxyl groups is 1. The molecule has 1 atom stereocenters. The summed E-state index contributed by atoms with van der Waals surface area (Å²) in [6, 6.07) is 5.53. The molecule has 0 bridgehead atoms. The maximum atomic E-state index is 10.3. The van der Waals surface area contributed by atoms with Gasteiger partial charge in [-0.25, -0.2) is 0 Å². The van der Waals surface area contributed by atoms with E-state index >= 15 is 0 Å². The highest BCUT2D eigenvalue weighted by Gasteiger charge is 2.18. The smallest absolute Gasteiger partial charge is 0.122 e. The molecule has 0 saturated carbocycles. The van der Waals surface area contributed by atoms with E-state index in [1.807, 2.05) is 19.1 Å². The molecule has 1 N–H and O–H groups in total. The van der Waals surface area contributed by atoms with Gasteiger partial charge in [-0.2, -0.15) is 5.10 Å². The molecule has 0 fully saturated rings. The Morgan fingerprint density at radius 1 is 1.41 bits per heavy atom. The summed E-state index contributed by atoms with van der Waals surface area (Å²) < 4.78 is 2.43. The Morgan fingerprint density at radius 3 is 2.65 bits per heavy atom. The van der Waals surface area contributed by atoms with Crippen molar-refractivity contribution in [3.8, 4) is 0 Å². The van der Waals surface area contributed by atoms with Crippen molar-refractivity contribution in [1.29, 1.82) is 0 Å². The standard InChI is InChI=1S/C12H12BrClN2O/c1-7-3-8(5-9(14)4-7)12(17)11-10(13)6-15-16(11)2/h3-6,12,17H,1-2H3. The average molecular weight is 316 g/mol. The maximum absolute atomic E-state index is 10.3. The minimum absolute atomic E-state index is 0.623. The summed E-state index contributed by atoms with van der Waals surface area (Å²) in [5, 5.41) is 15.0. The van der Waals surface area contributed by atoms with Crippen molar-refractivity contribution >= 4 is 27.5 Å². The monoisotopic (exact) mass is 314 g/mol. The van der Waals surface area contributed by atoms with Gasteiger partial charge < -0.3 is 5.11 Å². The van der Waals surface area contributed by atoms with Gasteiger partial charge in [0.1, 0.15) is 6.10 Å². The minimum atomic E-state index is -0.741. The Morgan fingerprint density at radius 2 is 2.12 bits per heavy atom. The van der Waals surface area contributed by atoms with E-state index < -0.39 is 6.10 Å². The van der Waals surface area contributed by atoms with E-state index in [4.69, 9.17) is 11.6 Å². The zero-order chi connectivity index (χ0) is 12.6. The van der Waals surface area contributed by atoms with Crippen LogP contribution in [0.5, 0.6) is 0 Å². The molecule has 2 rings (SSSR count). The fourth-order valence-corrected chi connectivity index (χ4v) is 2.67. The summed E-state index contributed by atoms with van der Waals surface area (Å²) >= 11 is 9.37. The predicted molar refractivity (Wildman–Crippen MR) is 71.2 cm³/mol. The first kappa shape index (κ1) is 12.6. The van der Waals surface area contributed by atoms with Crippen LogP contribution >= 0.6 is 27.5 Å². The summed E-state index contributed by atoms with van der Waals surface area (Å²) in [6.45, 7) is 1.94. The highest BCUT2D eigenvalue weighted by molar-refractivity contribution is 9.10. The molecular formula is C12H12BrClN2O. The van der Waals surface area contributed by atoms with Gasteiger partial charge in [-0.15, -0.1) is 0 Å². The number of nitrogens with zero attached hydrogens (tertiary/aromatic N) is 2. The molecule has 0 radical (unpaired) electrons. The van der Waals surface area contributed by atoms with Crippen molar-refractivity contribution in [2.24, 2.45) is 7.05 Å². The molecule has 3 nitrogen and oxygen atoms in total. The number of hydrogen-bond donors (Lipinski definition) is 1. The Bertz CT molecular complexity index is 514. The molecule has 0 aliphatic rings. The molecule has 2 aromatic rings. The molecule has 1 aromatic carbocycles. The van der Waals surface area contributed by atoms with E-state index in [-0.39, 0.29) is 0 Å². The van der Waals surface area contributed by atoms with Crippen molar-refractivity contribution in [3.05, 3.63) is 50.7 Å². The van der Waals surface area contributed by atoms with Gasteiger partial charge >= 0.3 is 0 Å². The molecule has 0 spiro atoms. The van der Waals surface area contributed by atoms with E-state index in [1.54, 1.807) is 24.0 Å². The predicted octanol–water partition coefficient (Wildman–Crippen LogP) is 3.23. The lowest BCUT2D eigenvalue weighted by atomic mass is 10.0. The van der Waals surface area contributed by atoms with Crippen molar-refractivity contribution < 1.29 is 5.11 Å². The van der Waals surface area contributed by atoms with Crippen LogP contribution in [0.4, 0.5) is 0 Å². The van der Waals surface area contributed by atoms with Crippen molar-refractivity contribution in [1.82, 2.24) is 9.78 Å². The number of halogens is 2. The van der Waals surface area contributed by atoms with Crippen molar-refractivity contribution in [2.45, 2.75) is 13.0 Å². The molecule has 0 saturated heterocycles. The molecule has 1 heterocycles. The zero-order valence-corrected chi connectivity index (χ0v) is 11.8. The van der Waals surface area contributed by atoms with Crippen LogP contribution in [-0.4, -0.2) is 14.9 Å². The van der Waals surface area contributed by atoms with E-state index in [0.717, 1.165) is 15.6 Å². The second kappa shape index (κ2) is 4.80. The molecule has 0 aliphatic heterocycles. The Balaban J connectivity index is 2.47. The van der Waals surface area contributed by atoms with Crippen LogP contribution in [0.15, 0.2) is 28.9 Å². The lowest BCUT2D eigenvalue weighted by Crippen LogP contribution is -2.07. The van der Waals surface area contributed by atoms with Gasteiger partial charge in [0.15, 0.2) is 0 Å². The molecule has 17 heavy (non-hydrogen) atoms. The lowest BCUT2D eigenvalue weighted by Gasteiger charge is -2.13. The van der Waals surface area contributed by atoms with Crippen molar-refractivity contribution in [3.63, 3.8) is 0 Å². The summed E-state index contributed by atoms with van der Waals surface area (Å²) in [6.07, 6.45) is 0.921. The summed E-state index contributed by atoms with van der Waals surface area (Å²) in [7, 11) is 1.79. The second-order valence-electron chi connectivity index (χ2n) is 3.97. The molecule has 1 aromatic heterocycles. The van der Waals surface area contributed by atoms with E-state index in [9.17, 15) is 5.11 Å². The minimum Gasteiger partial charge on any atom is -0.382 e. The molecular weight excluding hydrogens is 304 g/mol. The summed E-state index contributed by atoms with van der Waals surface area (Å²) in [5.41, 5.74) is 2.50. The average Bonchev–Trinajstić information content (AvgIpc) is 2.56. The number of aryl methyl sites for hydroxylation is 2. The van der Waals surface area contributed by atoms with Gasteiger partial charge in [-0.05, 0) is 46.1 Å². The number of aromatic nitrogens is 2. The van der Waals surface area contributed by atoms with Crippen LogP contribution in [0.2, 0.25) is 5.02 Å². The highest BCUT2D eigenvalue weighted by atomic mass is 79.9. The fourth-order valence-electron chi connectivity index (χ4n) is 1.81. The van der Waals surface area contributed by atoms with E-state index in [0.29, 0.717) is 10.7 Å². The van der Waals surface area contributed by atoms with E-state index in [2.05, 4.69) is 21.0 Å². The number of hydrogen-bond acceptors (Lipinski definition) is 2. The molecule has 90 valence electrons. The Kier molecular flexibility index (Phi) is 3.56. The lowest BCUT2D eigenvalue weighted by molar-refractivity contribution is 0.209. The third-order valence-corrected chi connectivity index (χ3v) is 3.41. The third kappa shape index (κ3) is 2.54. The first-order chi connectivity index (χ1) is 7.99. The Labute approximate surface area is 113 Å². The maximum Gasteiger partial charge on any atom is 0.122 e. The van der Waals surface area contributed by atoms with Gasteiger partial charge in [-0.1, -0.05) is 17.7 Å². The summed E-state index contributed by atoms with van der Waals surface area (Å²) in [5.74, 6) is 0. The largest absolute Gasteiger partial charge is 0.382 e. The van der Waals surface area contributed by atoms with Gasteiger partial charge in [0, 0.05) is 12.1 Å². The van der Waals surface area contributed by atoms with E-state index in [1.165, 1.54) is 0 Å². The van der Waals surface area contributed by atoms with Crippen LogP contribution in [0.25, 0.3) is 0 Å². The van der Waals surface area contributed by atoms with Crippen molar-refractivity contribution in [2.75, 3.05) is 0 Å². The molecule has 0 amide bonds.